The maximum Gasteiger partial charge on any atom is 0.291 e. The highest BCUT2D eigenvalue weighted by Gasteiger charge is 2.30. The molecule has 1 aliphatic heterocycles. The number of benzene rings is 1. The van der Waals surface area contributed by atoms with Gasteiger partial charge >= 0.3 is 0 Å². The Hall–Kier alpha value is -2.95. The van der Waals surface area contributed by atoms with Gasteiger partial charge in [0.05, 0.1) is 21.0 Å². The molecular weight excluding hydrogens is 462 g/mol. The van der Waals surface area contributed by atoms with Gasteiger partial charge in [-0.15, -0.1) is 11.3 Å². The lowest BCUT2D eigenvalue weighted by Gasteiger charge is -2.20. The van der Waals surface area contributed by atoms with Crippen molar-refractivity contribution in [3.05, 3.63) is 64.4 Å². The van der Waals surface area contributed by atoms with Crippen molar-refractivity contribution in [1.29, 1.82) is 0 Å². The zero-order valence-corrected chi connectivity index (χ0v) is 20.3. The van der Waals surface area contributed by atoms with Crippen LogP contribution in [0.1, 0.15) is 45.2 Å². The molecule has 174 valence electrons. The molecule has 1 aliphatic rings. The number of amides is 2. The first-order valence-corrected chi connectivity index (χ1v) is 12.9. The molecule has 4 rings (SSSR count). The first kappa shape index (κ1) is 23.2. The summed E-state index contributed by atoms with van der Waals surface area (Å²) in [6.07, 6.45) is 2.00. The van der Waals surface area contributed by atoms with Crippen LogP contribution in [0.5, 0.6) is 0 Å². The van der Waals surface area contributed by atoms with Gasteiger partial charge in [0, 0.05) is 25.3 Å². The minimum Gasteiger partial charge on any atom is -0.459 e. The molecule has 33 heavy (non-hydrogen) atoms. The molecule has 0 aliphatic carbocycles. The van der Waals surface area contributed by atoms with Gasteiger partial charge in [-0.2, -0.15) is 4.31 Å². The summed E-state index contributed by atoms with van der Waals surface area (Å²) in [5.74, 6) is -0.360. The molecule has 3 aromatic rings. The summed E-state index contributed by atoms with van der Waals surface area (Å²) in [5.41, 5.74) is 2.30. The number of carbonyl (C=O) groups is 2. The summed E-state index contributed by atoms with van der Waals surface area (Å²) in [6, 6.07) is 9.90. The number of rotatable bonds is 7. The minimum absolute atomic E-state index is 0.172. The monoisotopic (exact) mass is 487 g/mol. The van der Waals surface area contributed by atoms with Crippen LogP contribution in [-0.4, -0.2) is 44.2 Å². The van der Waals surface area contributed by atoms with Crippen LogP contribution in [0.25, 0.3) is 0 Å². The summed E-state index contributed by atoms with van der Waals surface area (Å²) in [6.45, 7) is 6.71. The van der Waals surface area contributed by atoms with Crippen molar-refractivity contribution < 1.29 is 22.4 Å². The number of aryl methyl sites for hydroxylation is 1. The molecule has 0 spiro atoms. The van der Waals surface area contributed by atoms with Crippen molar-refractivity contribution in [1.82, 2.24) is 4.31 Å². The average Bonchev–Trinajstić information content (AvgIpc) is 3.53. The zero-order valence-electron chi connectivity index (χ0n) is 18.6. The molecular formula is C23H25N3O5S2. The van der Waals surface area contributed by atoms with E-state index >= 15 is 0 Å². The summed E-state index contributed by atoms with van der Waals surface area (Å²) >= 11 is 1.20. The third-order valence-corrected chi connectivity index (χ3v) is 8.81. The van der Waals surface area contributed by atoms with E-state index in [0.717, 1.165) is 11.1 Å². The van der Waals surface area contributed by atoms with Crippen LogP contribution in [-0.2, 0) is 16.4 Å². The van der Waals surface area contributed by atoms with Gasteiger partial charge in [-0.05, 0) is 60.9 Å². The first-order chi connectivity index (χ1) is 15.8. The molecule has 3 heterocycles. The first-order valence-electron chi connectivity index (χ1n) is 10.7. The topological polar surface area (TPSA) is 99.9 Å². The van der Waals surface area contributed by atoms with E-state index in [1.165, 1.54) is 21.9 Å². The highest BCUT2D eigenvalue weighted by atomic mass is 32.2. The van der Waals surface area contributed by atoms with Crippen LogP contribution in [0.3, 0.4) is 0 Å². The van der Waals surface area contributed by atoms with Crippen molar-refractivity contribution in [3.8, 4) is 0 Å². The average molecular weight is 488 g/mol. The van der Waals surface area contributed by atoms with E-state index < -0.39 is 10.0 Å². The number of anilines is 2. The molecule has 0 bridgehead atoms. The summed E-state index contributed by atoms with van der Waals surface area (Å²) < 4.78 is 32.2. The summed E-state index contributed by atoms with van der Waals surface area (Å²) in [4.78, 5) is 28.0. The number of nitrogens with zero attached hydrogens (tertiary/aromatic N) is 2. The maximum absolute atomic E-state index is 13.3. The third-order valence-electron chi connectivity index (χ3n) is 5.63. The molecule has 1 aromatic carbocycles. The highest BCUT2D eigenvalue weighted by molar-refractivity contribution is 7.89. The molecule has 0 radical (unpaired) electrons. The molecule has 0 atom stereocenters. The van der Waals surface area contributed by atoms with Gasteiger partial charge < -0.3 is 14.6 Å². The number of thiophene rings is 1. The van der Waals surface area contributed by atoms with E-state index in [1.807, 2.05) is 20.8 Å². The number of hydrogen-bond donors (Lipinski definition) is 1. The van der Waals surface area contributed by atoms with Gasteiger partial charge in [-0.1, -0.05) is 13.8 Å². The normalized spacial score (nSPS) is 13.4. The standard InChI is InChI=1S/C23H25N3O5S2/c1-4-25(5-2)33(29,30)17-8-9-18-16(14-17)10-11-26(18)23(28)21-15(3)13-20(32-21)24-22(27)19-7-6-12-31-19/h6-9,12-14H,4-5,10-11H2,1-3H3,(H,24,27). The zero-order chi connectivity index (χ0) is 23.8. The predicted molar refractivity (Wildman–Crippen MR) is 128 cm³/mol. The van der Waals surface area contributed by atoms with Crippen molar-refractivity contribution in [3.63, 3.8) is 0 Å². The molecule has 8 nitrogen and oxygen atoms in total. The second-order valence-corrected chi connectivity index (χ2v) is 10.6. The fourth-order valence-corrected chi connectivity index (χ4v) is 6.45. The van der Waals surface area contributed by atoms with Crippen molar-refractivity contribution in [2.75, 3.05) is 29.9 Å². The summed E-state index contributed by atoms with van der Waals surface area (Å²) in [5, 5.41) is 3.31. The Labute approximate surface area is 196 Å². The quantitative estimate of drug-likeness (QED) is 0.540. The Kier molecular flexibility index (Phi) is 6.42. The fourth-order valence-electron chi connectivity index (χ4n) is 3.92. The van der Waals surface area contributed by atoms with E-state index in [9.17, 15) is 18.0 Å². The molecule has 0 saturated carbocycles. The molecule has 10 heteroatoms. The largest absolute Gasteiger partial charge is 0.459 e. The lowest BCUT2D eigenvalue weighted by Crippen LogP contribution is -2.30. The van der Waals surface area contributed by atoms with Crippen LogP contribution in [0, 0.1) is 6.92 Å². The Morgan fingerprint density at radius 2 is 1.94 bits per heavy atom. The van der Waals surface area contributed by atoms with Crippen LogP contribution in [0.4, 0.5) is 10.7 Å². The predicted octanol–water partition coefficient (Wildman–Crippen LogP) is 4.14. The number of fused-ring (bicyclic) bond motifs is 1. The Morgan fingerprint density at radius 3 is 2.61 bits per heavy atom. The smallest absolute Gasteiger partial charge is 0.291 e. The van der Waals surface area contributed by atoms with Gasteiger partial charge in [0.15, 0.2) is 5.76 Å². The van der Waals surface area contributed by atoms with Gasteiger partial charge in [-0.3, -0.25) is 9.59 Å². The second kappa shape index (κ2) is 9.12. The molecule has 2 aromatic heterocycles. The molecule has 2 amide bonds. The van der Waals surface area contributed by atoms with Crippen LogP contribution in [0.15, 0.2) is 52.0 Å². The van der Waals surface area contributed by atoms with Crippen LogP contribution < -0.4 is 10.2 Å². The lowest BCUT2D eigenvalue weighted by molar-refractivity contribution is 0.0986. The Morgan fingerprint density at radius 1 is 1.18 bits per heavy atom. The Balaban J connectivity index is 1.56. The van der Waals surface area contributed by atoms with Crippen LogP contribution >= 0.6 is 11.3 Å². The highest BCUT2D eigenvalue weighted by Crippen LogP contribution is 2.35. The number of furan rings is 1. The van der Waals surface area contributed by atoms with E-state index in [0.29, 0.717) is 41.6 Å². The van der Waals surface area contributed by atoms with Crippen molar-refractivity contribution in [2.24, 2.45) is 0 Å². The van der Waals surface area contributed by atoms with Crippen molar-refractivity contribution in [2.45, 2.75) is 32.1 Å². The van der Waals surface area contributed by atoms with Crippen LogP contribution in [0.2, 0.25) is 0 Å². The number of hydrogen-bond acceptors (Lipinski definition) is 6. The van der Waals surface area contributed by atoms with E-state index in [2.05, 4.69) is 5.32 Å². The number of sulfonamides is 1. The van der Waals surface area contributed by atoms with Crippen molar-refractivity contribution >= 4 is 43.9 Å². The van der Waals surface area contributed by atoms with Gasteiger partial charge in [0.2, 0.25) is 10.0 Å². The lowest BCUT2D eigenvalue weighted by atomic mass is 10.2. The number of carbonyl (C=O) groups excluding carboxylic acids is 2. The SMILES string of the molecule is CCN(CC)S(=O)(=O)c1ccc2c(c1)CCN2C(=O)c1sc(NC(=O)c2ccco2)cc1C. The molecule has 0 saturated heterocycles. The third kappa shape index (κ3) is 4.33. The molecule has 1 N–H and O–H groups in total. The van der Waals surface area contributed by atoms with Gasteiger partial charge in [-0.25, -0.2) is 8.42 Å². The van der Waals surface area contributed by atoms with Gasteiger partial charge in [0.1, 0.15) is 0 Å². The number of nitrogens with one attached hydrogen (secondary N) is 1. The van der Waals surface area contributed by atoms with E-state index in [4.69, 9.17) is 4.42 Å². The summed E-state index contributed by atoms with van der Waals surface area (Å²) in [7, 11) is -3.56. The van der Waals surface area contributed by atoms with E-state index in [-0.39, 0.29) is 22.5 Å². The Bertz CT molecular complexity index is 1290. The second-order valence-electron chi connectivity index (χ2n) is 7.64. The molecule has 0 unspecified atom stereocenters. The van der Waals surface area contributed by atoms with E-state index in [1.54, 1.807) is 41.3 Å². The van der Waals surface area contributed by atoms with Gasteiger partial charge in [0.25, 0.3) is 11.8 Å². The maximum atomic E-state index is 13.3. The molecule has 0 fully saturated rings. The minimum atomic E-state index is -3.56. The fraction of sp³-hybridized carbons (Fsp3) is 0.304.